The maximum Gasteiger partial charge on any atom is 0.305 e. The summed E-state index contributed by atoms with van der Waals surface area (Å²) < 4.78 is 0. The van der Waals surface area contributed by atoms with Crippen LogP contribution in [-0.2, 0) is 28.8 Å². The van der Waals surface area contributed by atoms with Gasteiger partial charge in [0, 0.05) is 19.6 Å². The van der Waals surface area contributed by atoms with Crippen molar-refractivity contribution in [1.82, 2.24) is 37.1 Å². The minimum Gasteiger partial charge on any atom is -0.507 e. The van der Waals surface area contributed by atoms with Crippen LogP contribution in [0.4, 0.5) is 0 Å². The molecule has 6 amide bonds. The average molecular weight is 672 g/mol. The Balaban J connectivity index is 3.06. The number of aliphatic carboxylic acids is 1. The van der Waals surface area contributed by atoms with E-state index in [9.17, 15) is 54.1 Å². The fourth-order valence-electron chi connectivity index (χ4n) is 3.96. The third-order valence-electron chi connectivity index (χ3n) is 6.46. The molecule has 0 heterocycles. The molecule has 20 heteroatoms. The van der Waals surface area contributed by atoms with E-state index in [0.717, 1.165) is 0 Å². The van der Waals surface area contributed by atoms with Gasteiger partial charge in [0.05, 0.1) is 25.2 Å². The van der Waals surface area contributed by atoms with Gasteiger partial charge in [-0.05, 0) is 37.8 Å². The smallest absolute Gasteiger partial charge is 0.305 e. The van der Waals surface area contributed by atoms with Gasteiger partial charge in [0.1, 0.15) is 29.9 Å². The van der Waals surface area contributed by atoms with Crippen molar-refractivity contribution in [2.45, 2.75) is 56.3 Å². The number of phenolic OH excluding ortho intramolecular Hbond substituents is 1. The molecule has 20 nitrogen and oxygen atoms in total. The summed E-state index contributed by atoms with van der Waals surface area (Å²) >= 11 is 0. The number of hydrogen-bond acceptors (Lipinski definition) is 13. The van der Waals surface area contributed by atoms with E-state index >= 15 is 0 Å². The van der Waals surface area contributed by atoms with Gasteiger partial charge in [-0.2, -0.15) is 0 Å². The van der Waals surface area contributed by atoms with E-state index in [1.165, 1.54) is 24.3 Å². The molecule has 0 spiro atoms. The van der Waals surface area contributed by atoms with Crippen molar-refractivity contribution in [1.29, 1.82) is 0 Å². The van der Waals surface area contributed by atoms with Crippen molar-refractivity contribution in [2.75, 3.05) is 32.8 Å². The van der Waals surface area contributed by atoms with E-state index in [1.54, 1.807) is 0 Å². The zero-order valence-electron chi connectivity index (χ0n) is 25.3. The monoisotopic (exact) mass is 671 g/mol. The second-order valence-corrected chi connectivity index (χ2v) is 9.99. The summed E-state index contributed by atoms with van der Waals surface area (Å²) in [5.74, 6) is -6.41. The highest BCUT2D eigenvalue weighted by atomic mass is 16.5. The lowest BCUT2D eigenvalue weighted by Gasteiger charge is -2.26. The first-order valence-electron chi connectivity index (χ1n) is 14.4. The summed E-state index contributed by atoms with van der Waals surface area (Å²) in [6, 6.07) is -0.690. The molecule has 0 unspecified atom stereocenters. The second kappa shape index (κ2) is 21.8. The zero-order chi connectivity index (χ0) is 35.4. The number of nitrogens with one attached hydrogen (secondary N) is 6. The van der Waals surface area contributed by atoms with Crippen molar-refractivity contribution >= 4 is 41.9 Å². The van der Waals surface area contributed by atoms with Gasteiger partial charge < -0.3 is 52.2 Å². The number of hydrogen-bond donors (Lipinski definition) is 12. The molecule has 4 atom stereocenters. The highest BCUT2D eigenvalue weighted by Crippen LogP contribution is 2.15. The lowest BCUT2D eigenvalue weighted by atomic mass is 10.1. The summed E-state index contributed by atoms with van der Waals surface area (Å²) in [4.78, 5) is 85.8. The van der Waals surface area contributed by atoms with Gasteiger partial charge in [-0.15, -0.1) is 0 Å². The Morgan fingerprint density at radius 1 is 0.766 bits per heavy atom. The van der Waals surface area contributed by atoms with Crippen molar-refractivity contribution in [3.63, 3.8) is 0 Å². The number of phenols is 1. The van der Waals surface area contributed by atoms with Crippen molar-refractivity contribution in [3.05, 3.63) is 29.8 Å². The fourth-order valence-corrected chi connectivity index (χ4v) is 3.96. The Hall–Kier alpha value is -4.89. The molecule has 12 N–H and O–H groups in total. The van der Waals surface area contributed by atoms with Gasteiger partial charge in [0.2, 0.25) is 30.0 Å². The Morgan fingerprint density at radius 2 is 1.30 bits per heavy atom. The predicted octanol–water partition coefficient (Wildman–Crippen LogP) is -4.09. The Bertz CT molecular complexity index is 1220. The number of rotatable bonds is 23. The molecule has 0 aliphatic heterocycles. The van der Waals surface area contributed by atoms with Crippen LogP contribution >= 0.6 is 0 Å². The molecule has 0 saturated carbocycles. The van der Waals surface area contributed by atoms with E-state index in [1.807, 2.05) is 5.48 Å². The normalized spacial score (nSPS) is 13.2. The Kier molecular flexibility index (Phi) is 18.6. The number of carboxylic acids is 1. The number of para-hydroxylation sites is 1. The van der Waals surface area contributed by atoms with Crippen LogP contribution in [0.2, 0.25) is 0 Å². The number of carbonyl (C=O) groups is 7. The number of carboxylic acid groups (broad SMARTS) is 1. The second-order valence-electron chi connectivity index (χ2n) is 9.99. The number of amides is 6. The van der Waals surface area contributed by atoms with Crippen LogP contribution in [0.3, 0.4) is 0 Å². The van der Waals surface area contributed by atoms with Crippen molar-refractivity contribution in [2.24, 2.45) is 0 Å². The zero-order valence-corrected chi connectivity index (χ0v) is 25.3. The molecule has 1 rings (SSSR count). The standard InChI is InChI=1S/C27H41N7O13/c35-13-19(32-23(41)16-5-1-2-8-21(16)38)27(45)33-20(14-36)26(44)31-18(7-4-12-34(47)15-37)25(43)30-17(6-3-10-29-46)24(42)28-11-9-22(39)40/h1-2,5,8,15,17-20,29,35-36,38,46-47H,3-4,6-7,9-14H2,(H,28,42)(H,30,43)(H,31,44)(H,32,41)(H,33,45)(H,39,40)/t17-,18-,19+,20+/m1/s1. The van der Waals surface area contributed by atoms with Crippen LogP contribution in [-0.4, -0.2) is 135 Å². The number of carbonyl (C=O) groups excluding carboxylic acids is 6. The molecule has 0 bridgehead atoms. The van der Waals surface area contributed by atoms with Crippen molar-refractivity contribution < 1.29 is 64.4 Å². The van der Waals surface area contributed by atoms with Crippen LogP contribution in [0.5, 0.6) is 5.75 Å². The molecular formula is C27H41N7O13. The van der Waals surface area contributed by atoms with E-state index in [4.69, 9.17) is 10.3 Å². The minimum atomic E-state index is -1.72. The van der Waals surface area contributed by atoms with E-state index in [-0.39, 0.29) is 62.4 Å². The van der Waals surface area contributed by atoms with Crippen LogP contribution in [0.15, 0.2) is 24.3 Å². The minimum absolute atomic E-state index is 0.0290. The number of nitrogens with zero attached hydrogens (tertiary/aromatic N) is 1. The first-order valence-corrected chi connectivity index (χ1v) is 14.4. The SMILES string of the molecule is O=CN(O)CCC[C@@H](NC(=O)[C@H](CO)NC(=O)[C@H](CO)NC(=O)c1ccccc1O)C(=O)N[C@H](CCCNO)C(=O)NCCC(=O)O. The van der Waals surface area contributed by atoms with Crippen LogP contribution in [0.25, 0.3) is 0 Å². The Labute approximate surface area is 268 Å². The third kappa shape index (κ3) is 14.8. The van der Waals surface area contributed by atoms with E-state index < -0.39 is 85.1 Å². The van der Waals surface area contributed by atoms with Crippen molar-refractivity contribution in [3.8, 4) is 5.75 Å². The fraction of sp³-hybridized carbons (Fsp3) is 0.519. The number of benzene rings is 1. The van der Waals surface area contributed by atoms with Gasteiger partial charge in [-0.1, -0.05) is 12.1 Å². The van der Waals surface area contributed by atoms with Gasteiger partial charge >= 0.3 is 5.97 Å². The topological polar surface area (TPSA) is 316 Å². The van der Waals surface area contributed by atoms with E-state index in [2.05, 4.69) is 26.6 Å². The lowest BCUT2D eigenvalue weighted by molar-refractivity contribution is -0.150. The third-order valence-corrected chi connectivity index (χ3v) is 6.46. The predicted molar refractivity (Wildman–Crippen MR) is 157 cm³/mol. The molecule has 262 valence electrons. The number of aliphatic hydroxyl groups is 2. The quantitative estimate of drug-likeness (QED) is 0.0228. The van der Waals surface area contributed by atoms with E-state index in [0.29, 0.717) is 0 Å². The maximum atomic E-state index is 13.3. The molecule has 1 aromatic carbocycles. The average Bonchev–Trinajstić information content (AvgIpc) is 3.04. The number of hydroxylamine groups is 3. The maximum absolute atomic E-state index is 13.3. The van der Waals surface area contributed by atoms with Gasteiger partial charge in [-0.3, -0.25) is 38.8 Å². The molecule has 1 aromatic rings. The molecule has 0 aliphatic carbocycles. The first-order chi connectivity index (χ1) is 22.4. The highest BCUT2D eigenvalue weighted by Gasteiger charge is 2.31. The number of aromatic hydroxyl groups is 1. The molecule has 0 aromatic heterocycles. The number of aliphatic hydroxyl groups excluding tert-OH is 2. The summed E-state index contributed by atoms with van der Waals surface area (Å²) in [5.41, 5.74) is 1.68. The van der Waals surface area contributed by atoms with Gasteiger partial charge in [0.25, 0.3) is 5.91 Å². The molecule has 0 aliphatic rings. The molecular weight excluding hydrogens is 630 g/mol. The summed E-state index contributed by atoms with van der Waals surface area (Å²) in [5, 5.41) is 68.1. The summed E-state index contributed by atoms with van der Waals surface area (Å²) in [7, 11) is 0. The van der Waals surface area contributed by atoms with Crippen LogP contribution < -0.4 is 32.1 Å². The van der Waals surface area contributed by atoms with Crippen LogP contribution in [0.1, 0.15) is 42.5 Å². The highest BCUT2D eigenvalue weighted by molar-refractivity contribution is 6.00. The Morgan fingerprint density at radius 3 is 1.85 bits per heavy atom. The van der Waals surface area contributed by atoms with Crippen LogP contribution in [0, 0.1) is 0 Å². The molecule has 47 heavy (non-hydrogen) atoms. The molecule has 0 radical (unpaired) electrons. The lowest BCUT2D eigenvalue weighted by Crippen LogP contribution is -2.59. The van der Waals surface area contributed by atoms with Gasteiger partial charge in [0.15, 0.2) is 0 Å². The largest absolute Gasteiger partial charge is 0.507 e. The first kappa shape index (κ1) is 40.1. The van der Waals surface area contributed by atoms with Gasteiger partial charge in [-0.25, -0.2) is 10.5 Å². The summed E-state index contributed by atoms with van der Waals surface area (Å²) in [6.07, 6.45) is -0.434. The summed E-state index contributed by atoms with van der Waals surface area (Å²) in [6.45, 7) is -2.43. The molecule has 0 fully saturated rings. The molecule has 0 saturated heterocycles.